The Hall–Kier alpha value is -2.54. The van der Waals surface area contributed by atoms with E-state index in [-0.39, 0.29) is 18.6 Å². The lowest BCUT2D eigenvalue weighted by atomic mass is 10.1. The molecule has 6 heteroatoms. The third-order valence-corrected chi connectivity index (χ3v) is 4.16. The van der Waals surface area contributed by atoms with Gasteiger partial charge in [-0.3, -0.25) is 14.9 Å². The molecule has 2 atom stereocenters. The Morgan fingerprint density at radius 3 is 2.21 bits per heavy atom. The number of benzene rings is 2. The zero-order valence-electron chi connectivity index (χ0n) is 17.0. The average molecular weight is 399 g/mol. The highest BCUT2D eigenvalue weighted by Crippen LogP contribution is 2.05. The number of hydrogen-bond acceptors (Lipinski definition) is 5. The van der Waals surface area contributed by atoms with E-state index < -0.39 is 12.3 Å². The third-order valence-electron chi connectivity index (χ3n) is 4.16. The molecule has 1 unspecified atom stereocenters. The Labute approximate surface area is 172 Å². The minimum atomic E-state index is -0.963. The molecule has 156 valence electrons. The summed E-state index contributed by atoms with van der Waals surface area (Å²) in [6.07, 6.45) is 0.110. The fourth-order valence-electron chi connectivity index (χ4n) is 2.66. The predicted molar refractivity (Wildman–Crippen MR) is 112 cm³/mol. The molecule has 0 spiro atoms. The fraction of sp³-hybridized carbons (Fsp3) is 0.391. The van der Waals surface area contributed by atoms with E-state index in [1.807, 2.05) is 74.5 Å². The van der Waals surface area contributed by atoms with Crippen molar-refractivity contribution in [3.8, 4) is 0 Å². The highest BCUT2D eigenvalue weighted by Gasteiger charge is 2.22. The van der Waals surface area contributed by atoms with Crippen LogP contribution in [0.2, 0.25) is 0 Å². The lowest BCUT2D eigenvalue weighted by Gasteiger charge is -2.22. The van der Waals surface area contributed by atoms with E-state index in [0.717, 1.165) is 11.1 Å². The van der Waals surface area contributed by atoms with Crippen molar-refractivity contribution in [2.45, 2.75) is 39.1 Å². The Kier molecular flexibility index (Phi) is 10.1. The van der Waals surface area contributed by atoms with E-state index in [1.165, 1.54) is 0 Å². The van der Waals surface area contributed by atoms with Crippen LogP contribution in [0.5, 0.6) is 0 Å². The summed E-state index contributed by atoms with van der Waals surface area (Å²) in [5.41, 5.74) is 2.07. The normalized spacial score (nSPS) is 13.1. The minimum Gasteiger partial charge on any atom is -0.362 e. The second-order valence-corrected chi connectivity index (χ2v) is 7.22. The standard InChI is InChI=1S/C23H30N2O4/c1-18(2)15-29-22(14-26)25-23(27)21(13-19-9-5-3-6-10-19)24-17-28-16-20-11-7-4-8-12-20/h3-12,14,18,21-22,24H,13,15-17H2,1-2H3,(H,25,27)/t21-,22?/m0/s1. The van der Waals surface area contributed by atoms with Crippen molar-refractivity contribution in [3.63, 3.8) is 0 Å². The lowest BCUT2D eigenvalue weighted by molar-refractivity contribution is -0.134. The van der Waals surface area contributed by atoms with Crippen molar-refractivity contribution in [3.05, 3.63) is 71.8 Å². The monoisotopic (exact) mass is 398 g/mol. The van der Waals surface area contributed by atoms with Gasteiger partial charge in [0.25, 0.3) is 0 Å². The maximum atomic E-state index is 12.8. The van der Waals surface area contributed by atoms with Gasteiger partial charge in [0.05, 0.1) is 26.0 Å². The third kappa shape index (κ3) is 9.00. The molecule has 0 aliphatic heterocycles. The van der Waals surface area contributed by atoms with Crippen LogP contribution in [-0.4, -0.2) is 37.8 Å². The van der Waals surface area contributed by atoms with Gasteiger partial charge in [-0.2, -0.15) is 0 Å². The summed E-state index contributed by atoms with van der Waals surface area (Å²) in [6.45, 7) is 5.00. The molecule has 29 heavy (non-hydrogen) atoms. The molecule has 2 rings (SSSR count). The lowest BCUT2D eigenvalue weighted by Crippen LogP contribution is -2.50. The Morgan fingerprint density at radius 2 is 1.62 bits per heavy atom. The maximum absolute atomic E-state index is 12.8. The second kappa shape index (κ2) is 12.8. The largest absolute Gasteiger partial charge is 0.362 e. The summed E-state index contributed by atoms with van der Waals surface area (Å²) < 4.78 is 11.1. The van der Waals surface area contributed by atoms with E-state index >= 15 is 0 Å². The Morgan fingerprint density at radius 1 is 1.00 bits per heavy atom. The van der Waals surface area contributed by atoms with Crippen LogP contribution in [0.1, 0.15) is 25.0 Å². The van der Waals surface area contributed by atoms with E-state index in [0.29, 0.717) is 25.9 Å². The molecule has 2 aromatic carbocycles. The van der Waals surface area contributed by atoms with Gasteiger partial charge in [0.15, 0.2) is 12.5 Å². The van der Waals surface area contributed by atoms with Crippen molar-refractivity contribution in [2.24, 2.45) is 5.92 Å². The summed E-state index contributed by atoms with van der Waals surface area (Å²) >= 11 is 0. The first kappa shape index (κ1) is 22.7. The summed E-state index contributed by atoms with van der Waals surface area (Å²) in [5, 5.41) is 5.78. The topological polar surface area (TPSA) is 76.7 Å². The van der Waals surface area contributed by atoms with Crippen LogP contribution >= 0.6 is 0 Å². The molecule has 6 nitrogen and oxygen atoms in total. The van der Waals surface area contributed by atoms with Gasteiger partial charge in [0, 0.05) is 0 Å². The van der Waals surface area contributed by atoms with Gasteiger partial charge in [-0.25, -0.2) is 0 Å². The molecule has 0 saturated carbocycles. The predicted octanol–water partition coefficient (Wildman–Crippen LogP) is 2.68. The van der Waals surface area contributed by atoms with Gasteiger partial charge in [-0.1, -0.05) is 74.5 Å². The fourth-order valence-corrected chi connectivity index (χ4v) is 2.66. The molecule has 0 saturated heterocycles. The SMILES string of the molecule is CC(C)COC(C=O)NC(=O)[C@H](Cc1ccccc1)NCOCc1ccccc1. The molecule has 0 heterocycles. The summed E-state index contributed by atoms with van der Waals surface area (Å²) in [4.78, 5) is 24.0. The van der Waals surface area contributed by atoms with Crippen LogP contribution in [0.3, 0.4) is 0 Å². The Balaban J connectivity index is 1.92. The molecule has 1 amide bonds. The number of carbonyl (C=O) groups is 2. The van der Waals surface area contributed by atoms with E-state index in [9.17, 15) is 9.59 Å². The zero-order valence-corrected chi connectivity index (χ0v) is 17.0. The number of ether oxygens (including phenoxy) is 2. The molecule has 0 aromatic heterocycles. The number of carbonyl (C=O) groups excluding carboxylic acids is 2. The van der Waals surface area contributed by atoms with Gasteiger partial charge in [-0.05, 0) is 23.5 Å². The van der Waals surface area contributed by atoms with Crippen LogP contribution < -0.4 is 10.6 Å². The van der Waals surface area contributed by atoms with Crippen LogP contribution in [-0.2, 0) is 32.1 Å². The number of nitrogens with one attached hydrogen (secondary N) is 2. The molecule has 2 N–H and O–H groups in total. The van der Waals surface area contributed by atoms with Crippen LogP contribution in [0.25, 0.3) is 0 Å². The molecule has 0 bridgehead atoms. The van der Waals surface area contributed by atoms with Crippen molar-refractivity contribution in [2.75, 3.05) is 13.3 Å². The average Bonchev–Trinajstić information content (AvgIpc) is 2.74. The van der Waals surface area contributed by atoms with E-state index in [1.54, 1.807) is 0 Å². The van der Waals surface area contributed by atoms with Crippen LogP contribution in [0.15, 0.2) is 60.7 Å². The van der Waals surface area contributed by atoms with Crippen molar-refractivity contribution < 1.29 is 19.1 Å². The summed E-state index contributed by atoms with van der Waals surface area (Å²) in [6, 6.07) is 19.0. The first-order chi connectivity index (χ1) is 14.1. The van der Waals surface area contributed by atoms with E-state index in [4.69, 9.17) is 9.47 Å². The molecule has 0 fully saturated rings. The second-order valence-electron chi connectivity index (χ2n) is 7.22. The first-order valence-electron chi connectivity index (χ1n) is 9.84. The molecule has 0 radical (unpaired) electrons. The number of rotatable bonds is 13. The highest BCUT2D eigenvalue weighted by atomic mass is 16.5. The van der Waals surface area contributed by atoms with Gasteiger partial charge in [0.2, 0.25) is 5.91 Å². The van der Waals surface area contributed by atoms with E-state index in [2.05, 4.69) is 10.6 Å². The molecular weight excluding hydrogens is 368 g/mol. The molecule has 0 aliphatic carbocycles. The molecule has 2 aromatic rings. The van der Waals surface area contributed by atoms with Gasteiger partial charge in [-0.15, -0.1) is 0 Å². The van der Waals surface area contributed by atoms with Crippen molar-refractivity contribution in [1.29, 1.82) is 0 Å². The van der Waals surface area contributed by atoms with Gasteiger partial charge < -0.3 is 14.8 Å². The zero-order chi connectivity index (χ0) is 20.9. The quantitative estimate of drug-likeness (QED) is 0.308. The smallest absolute Gasteiger partial charge is 0.239 e. The number of hydrogen-bond donors (Lipinski definition) is 2. The van der Waals surface area contributed by atoms with Crippen LogP contribution in [0.4, 0.5) is 0 Å². The first-order valence-corrected chi connectivity index (χ1v) is 9.84. The van der Waals surface area contributed by atoms with Crippen molar-refractivity contribution >= 4 is 12.2 Å². The number of amides is 1. The van der Waals surface area contributed by atoms with Gasteiger partial charge in [0.1, 0.15) is 0 Å². The molecule has 0 aliphatic rings. The van der Waals surface area contributed by atoms with Gasteiger partial charge >= 0.3 is 0 Å². The minimum absolute atomic E-state index is 0.207. The number of aldehydes is 1. The highest BCUT2D eigenvalue weighted by molar-refractivity contribution is 5.84. The summed E-state index contributed by atoms with van der Waals surface area (Å²) in [5.74, 6) is -0.0444. The maximum Gasteiger partial charge on any atom is 0.239 e. The van der Waals surface area contributed by atoms with Crippen molar-refractivity contribution in [1.82, 2.24) is 10.6 Å². The Bertz CT molecular complexity index is 722. The molecular formula is C23H30N2O4. The summed E-state index contributed by atoms with van der Waals surface area (Å²) in [7, 11) is 0. The van der Waals surface area contributed by atoms with Crippen LogP contribution in [0, 0.1) is 5.92 Å².